The van der Waals surface area contributed by atoms with Gasteiger partial charge in [0.1, 0.15) is 0 Å². The Morgan fingerprint density at radius 2 is 1.85 bits per heavy atom. The average Bonchev–Trinajstić information content (AvgIpc) is 3.49. The summed E-state index contributed by atoms with van der Waals surface area (Å²) in [6, 6.07) is 19.4. The van der Waals surface area contributed by atoms with Crippen LogP contribution in [0.4, 0.5) is 4.79 Å². The minimum absolute atomic E-state index is 0.0647. The molecular weight excluding hydrogens is 516 g/mol. The van der Waals surface area contributed by atoms with Crippen LogP contribution < -0.4 is 5.32 Å². The fourth-order valence-electron chi connectivity index (χ4n) is 6.27. The Labute approximate surface area is 239 Å². The Hall–Kier alpha value is -4.24. The summed E-state index contributed by atoms with van der Waals surface area (Å²) in [6.45, 7) is 7.44. The molecule has 0 unspecified atom stereocenters. The number of aryl methyl sites for hydroxylation is 2. The summed E-state index contributed by atoms with van der Waals surface area (Å²) in [6.07, 6.45) is 3.38. The number of fused-ring (bicyclic) bond motifs is 3. The number of aromatic nitrogens is 5. The van der Waals surface area contributed by atoms with E-state index in [-0.39, 0.29) is 6.04 Å². The minimum Gasteiger partial charge on any atom is -0.453 e. The number of hydrogen-bond acceptors (Lipinski definition) is 6. The summed E-state index contributed by atoms with van der Waals surface area (Å²) in [5.41, 5.74) is 7.41. The summed E-state index contributed by atoms with van der Waals surface area (Å²) < 4.78 is 15.0. The number of nitrogens with zero attached hydrogens (tertiary/aromatic N) is 5. The van der Waals surface area contributed by atoms with E-state index in [4.69, 9.17) is 14.5 Å². The number of benzene rings is 2. The van der Waals surface area contributed by atoms with E-state index in [1.54, 1.807) is 4.68 Å². The smallest absolute Gasteiger partial charge is 0.407 e. The SMILES string of the molecule is COC(=O)NC(C)(C)c1ccc2c3ncc(-c4c(C)nnn4C)cc3n([C@H](c3ccccc3)C3CCOCC3)c2c1. The first-order chi connectivity index (χ1) is 19.8. The summed E-state index contributed by atoms with van der Waals surface area (Å²) in [5, 5.41) is 12.6. The van der Waals surface area contributed by atoms with Gasteiger partial charge in [0, 0.05) is 37.4 Å². The lowest BCUT2D eigenvalue weighted by Crippen LogP contribution is -2.40. The molecule has 1 saturated heterocycles. The van der Waals surface area contributed by atoms with Crippen molar-refractivity contribution in [3.8, 4) is 11.3 Å². The standard InChI is InChI=1S/C32H36N6O3/c1-20-29(37(4)36-35-20)23-17-27-28(33-19-23)25-12-11-24(32(2,3)34-31(39)40-5)18-26(25)38(27)30(21-9-7-6-8-10-21)22-13-15-41-16-14-22/h6-12,17-19,22,30H,13-16H2,1-5H3,(H,34,39)/t30-/m1/s1. The number of alkyl carbamates (subject to hydrolysis) is 1. The molecule has 0 spiro atoms. The molecule has 1 aliphatic heterocycles. The van der Waals surface area contributed by atoms with Gasteiger partial charge in [-0.3, -0.25) is 4.98 Å². The van der Waals surface area contributed by atoms with Crippen molar-refractivity contribution in [1.29, 1.82) is 0 Å². The third-order valence-electron chi connectivity index (χ3n) is 8.36. The summed E-state index contributed by atoms with van der Waals surface area (Å²) in [5.74, 6) is 0.374. The maximum absolute atomic E-state index is 12.2. The van der Waals surface area contributed by atoms with E-state index < -0.39 is 11.6 Å². The first-order valence-electron chi connectivity index (χ1n) is 14.1. The van der Waals surface area contributed by atoms with Gasteiger partial charge in [-0.25, -0.2) is 9.48 Å². The number of hydrogen-bond donors (Lipinski definition) is 1. The van der Waals surface area contributed by atoms with Gasteiger partial charge in [0.2, 0.25) is 0 Å². The van der Waals surface area contributed by atoms with Gasteiger partial charge in [-0.15, -0.1) is 5.10 Å². The quantitative estimate of drug-likeness (QED) is 0.282. The lowest BCUT2D eigenvalue weighted by Gasteiger charge is -2.33. The third-order valence-corrected chi connectivity index (χ3v) is 8.36. The molecule has 9 heteroatoms. The van der Waals surface area contributed by atoms with Gasteiger partial charge in [0.25, 0.3) is 0 Å². The van der Waals surface area contributed by atoms with Crippen LogP contribution in [0.15, 0.2) is 60.8 Å². The highest BCUT2D eigenvalue weighted by molar-refractivity contribution is 6.07. The maximum atomic E-state index is 12.2. The van der Waals surface area contributed by atoms with Gasteiger partial charge >= 0.3 is 6.09 Å². The second-order valence-corrected chi connectivity index (χ2v) is 11.4. The number of carbonyl (C=O) groups is 1. The van der Waals surface area contributed by atoms with Crippen LogP contribution in [0.1, 0.15) is 49.6 Å². The first-order valence-corrected chi connectivity index (χ1v) is 14.1. The van der Waals surface area contributed by atoms with Crippen molar-refractivity contribution in [3.05, 3.63) is 77.6 Å². The Balaban J connectivity index is 1.65. The average molecular weight is 553 g/mol. The number of carbonyl (C=O) groups excluding carboxylic acids is 1. The topological polar surface area (TPSA) is 96.1 Å². The van der Waals surface area contributed by atoms with Crippen molar-refractivity contribution < 1.29 is 14.3 Å². The number of amides is 1. The fourth-order valence-corrected chi connectivity index (χ4v) is 6.27. The maximum Gasteiger partial charge on any atom is 0.407 e. The molecule has 6 rings (SSSR count). The molecule has 41 heavy (non-hydrogen) atoms. The Bertz CT molecular complexity index is 1700. The lowest BCUT2D eigenvalue weighted by atomic mass is 9.86. The zero-order valence-electron chi connectivity index (χ0n) is 24.2. The van der Waals surface area contributed by atoms with Gasteiger partial charge in [0.05, 0.1) is 46.6 Å². The molecule has 0 saturated carbocycles. The van der Waals surface area contributed by atoms with Crippen molar-refractivity contribution in [1.82, 2.24) is 29.9 Å². The second kappa shape index (κ2) is 10.6. The van der Waals surface area contributed by atoms with E-state index in [2.05, 4.69) is 74.8 Å². The molecule has 4 heterocycles. The van der Waals surface area contributed by atoms with Gasteiger partial charge in [-0.2, -0.15) is 0 Å². The molecule has 3 aromatic heterocycles. The van der Waals surface area contributed by atoms with Crippen LogP contribution in [-0.4, -0.2) is 51.0 Å². The zero-order valence-corrected chi connectivity index (χ0v) is 24.2. The van der Waals surface area contributed by atoms with E-state index in [0.29, 0.717) is 5.92 Å². The highest BCUT2D eigenvalue weighted by Gasteiger charge is 2.31. The van der Waals surface area contributed by atoms with Gasteiger partial charge in [0.15, 0.2) is 0 Å². The molecule has 2 aromatic carbocycles. The van der Waals surface area contributed by atoms with E-state index in [1.807, 2.05) is 34.0 Å². The lowest BCUT2D eigenvalue weighted by molar-refractivity contribution is 0.0553. The Kier molecular flexibility index (Phi) is 6.99. The number of rotatable bonds is 6. The molecule has 5 aromatic rings. The Morgan fingerprint density at radius 1 is 1.10 bits per heavy atom. The molecule has 1 atom stereocenters. The third kappa shape index (κ3) is 4.84. The number of pyridine rings is 1. The summed E-state index contributed by atoms with van der Waals surface area (Å²) in [7, 11) is 3.29. The van der Waals surface area contributed by atoms with Crippen LogP contribution in [0.3, 0.4) is 0 Å². The van der Waals surface area contributed by atoms with E-state index in [9.17, 15) is 4.79 Å². The molecule has 1 amide bonds. The molecule has 1 aliphatic rings. The van der Waals surface area contributed by atoms with Crippen LogP contribution in [0.25, 0.3) is 33.2 Å². The van der Waals surface area contributed by atoms with E-state index >= 15 is 0 Å². The molecule has 1 N–H and O–H groups in total. The predicted octanol–water partition coefficient (Wildman–Crippen LogP) is 5.90. The largest absolute Gasteiger partial charge is 0.453 e. The van der Waals surface area contributed by atoms with Crippen LogP contribution in [0, 0.1) is 12.8 Å². The van der Waals surface area contributed by atoms with Crippen molar-refractivity contribution in [2.45, 2.75) is 45.2 Å². The highest BCUT2D eigenvalue weighted by Crippen LogP contribution is 2.42. The van der Waals surface area contributed by atoms with Crippen LogP contribution in [0.5, 0.6) is 0 Å². The monoisotopic (exact) mass is 552 g/mol. The first kappa shape index (κ1) is 27.0. The minimum atomic E-state index is -0.653. The molecule has 0 radical (unpaired) electrons. The Morgan fingerprint density at radius 3 is 2.54 bits per heavy atom. The van der Waals surface area contributed by atoms with Crippen LogP contribution in [-0.2, 0) is 22.1 Å². The molecule has 9 nitrogen and oxygen atoms in total. The van der Waals surface area contributed by atoms with Crippen molar-refractivity contribution >= 4 is 28.0 Å². The van der Waals surface area contributed by atoms with Crippen LogP contribution in [0.2, 0.25) is 0 Å². The van der Waals surface area contributed by atoms with Crippen molar-refractivity contribution in [2.24, 2.45) is 13.0 Å². The second-order valence-electron chi connectivity index (χ2n) is 11.4. The molecular formula is C32H36N6O3. The number of ether oxygens (including phenoxy) is 2. The highest BCUT2D eigenvalue weighted by atomic mass is 16.5. The molecule has 0 aliphatic carbocycles. The summed E-state index contributed by atoms with van der Waals surface area (Å²) in [4.78, 5) is 17.2. The van der Waals surface area contributed by atoms with Crippen LogP contribution >= 0.6 is 0 Å². The number of nitrogens with one attached hydrogen (secondary N) is 1. The summed E-state index contributed by atoms with van der Waals surface area (Å²) >= 11 is 0. The van der Waals surface area contributed by atoms with E-state index in [1.165, 1.54) is 12.7 Å². The molecule has 0 bridgehead atoms. The van der Waals surface area contributed by atoms with Gasteiger partial charge < -0.3 is 19.4 Å². The molecule has 1 fully saturated rings. The van der Waals surface area contributed by atoms with Gasteiger partial charge in [-0.1, -0.05) is 47.7 Å². The molecule has 212 valence electrons. The van der Waals surface area contributed by atoms with Crippen molar-refractivity contribution in [3.63, 3.8) is 0 Å². The zero-order chi connectivity index (χ0) is 28.7. The van der Waals surface area contributed by atoms with E-state index in [0.717, 1.165) is 70.5 Å². The fraction of sp³-hybridized carbons (Fsp3) is 0.375. The normalized spacial score (nSPS) is 15.3. The number of methoxy groups -OCH3 is 1. The predicted molar refractivity (Wildman–Crippen MR) is 159 cm³/mol. The van der Waals surface area contributed by atoms with Crippen molar-refractivity contribution in [2.75, 3.05) is 20.3 Å². The van der Waals surface area contributed by atoms with Gasteiger partial charge in [-0.05, 0) is 62.8 Å².